The molecule has 5 heteroatoms. The Kier molecular flexibility index (Phi) is 9.20. The highest BCUT2D eigenvalue weighted by molar-refractivity contribution is 5.93. The number of nitrogens with one attached hydrogen (secondary N) is 1. The van der Waals surface area contributed by atoms with Gasteiger partial charge >= 0.3 is 0 Å². The zero-order valence-corrected chi connectivity index (χ0v) is 13.9. The Morgan fingerprint density at radius 1 is 1.17 bits per heavy atom. The Bertz CT molecular complexity index is 519. The summed E-state index contributed by atoms with van der Waals surface area (Å²) in [6.45, 7) is 3.02. The summed E-state index contributed by atoms with van der Waals surface area (Å²) in [5.74, 6) is 0.0980. The molecule has 5 nitrogen and oxygen atoms in total. The molecule has 0 aromatic heterocycles. The minimum Gasteiger partial charge on any atom is -0.370 e. The van der Waals surface area contributed by atoms with Gasteiger partial charge in [0, 0.05) is 18.7 Å². The lowest BCUT2D eigenvalue weighted by Gasteiger charge is -2.08. The average Bonchev–Trinajstić information content (AvgIpc) is 2.55. The van der Waals surface area contributed by atoms with Crippen LogP contribution < -0.4 is 16.8 Å². The summed E-state index contributed by atoms with van der Waals surface area (Å²) in [7, 11) is 0. The summed E-state index contributed by atoms with van der Waals surface area (Å²) < 4.78 is 0. The van der Waals surface area contributed by atoms with Crippen molar-refractivity contribution in [3.63, 3.8) is 0 Å². The van der Waals surface area contributed by atoms with Crippen molar-refractivity contribution in [2.45, 2.75) is 39.0 Å². The predicted octanol–water partition coefficient (Wildman–Crippen LogP) is 2.13. The standard InChI is InChI=1S/C18H28N4O/c1-2-16(17(23)21-13-8-14-22-18(19)20)12-7-6-11-15-9-4-3-5-10-15/h2-5,9-10H,6-8,11-14H2,1H3,(H,21,23)(H4,19,20,22)/b16-2+. The minimum atomic E-state index is 0.0110. The van der Waals surface area contributed by atoms with Gasteiger partial charge < -0.3 is 16.8 Å². The molecule has 0 atom stereocenters. The molecule has 1 aromatic carbocycles. The lowest BCUT2D eigenvalue weighted by atomic mass is 10.0. The van der Waals surface area contributed by atoms with Gasteiger partial charge in [-0.2, -0.15) is 0 Å². The largest absolute Gasteiger partial charge is 0.370 e. The van der Waals surface area contributed by atoms with E-state index in [0.717, 1.165) is 37.7 Å². The average molecular weight is 316 g/mol. The monoisotopic (exact) mass is 316 g/mol. The van der Waals surface area contributed by atoms with Crippen LogP contribution in [0.3, 0.4) is 0 Å². The van der Waals surface area contributed by atoms with Crippen molar-refractivity contribution in [3.8, 4) is 0 Å². The van der Waals surface area contributed by atoms with Gasteiger partial charge in [-0.15, -0.1) is 0 Å². The SMILES string of the molecule is C/C=C(\CCCCc1ccccc1)C(=O)NCCCN=C(N)N. The molecular formula is C18H28N4O. The molecule has 0 aliphatic carbocycles. The molecule has 0 bridgehead atoms. The summed E-state index contributed by atoms with van der Waals surface area (Å²) in [5.41, 5.74) is 12.7. The molecule has 126 valence electrons. The van der Waals surface area contributed by atoms with E-state index in [1.54, 1.807) is 0 Å². The molecular weight excluding hydrogens is 288 g/mol. The van der Waals surface area contributed by atoms with E-state index in [0.29, 0.717) is 13.1 Å². The van der Waals surface area contributed by atoms with E-state index >= 15 is 0 Å². The fraction of sp³-hybridized carbons (Fsp3) is 0.444. The number of nitrogens with zero attached hydrogens (tertiary/aromatic N) is 1. The van der Waals surface area contributed by atoms with Crippen LogP contribution in [0.1, 0.15) is 38.2 Å². The number of amides is 1. The summed E-state index contributed by atoms with van der Waals surface area (Å²) in [6.07, 6.45) is 6.58. The second kappa shape index (κ2) is 11.3. The molecule has 1 aromatic rings. The molecule has 23 heavy (non-hydrogen) atoms. The smallest absolute Gasteiger partial charge is 0.246 e. The topological polar surface area (TPSA) is 93.5 Å². The van der Waals surface area contributed by atoms with Gasteiger partial charge in [0.25, 0.3) is 0 Å². The highest BCUT2D eigenvalue weighted by atomic mass is 16.1. The molecule has 0 aliphatic heterocycles. The maximum absolute atomic E-state index is 12.1. The number of carbonyl (C=O) groups excluding carboxylic acids is 1. The fourth-order valence-corrected chi connectivity index (χ4v) is 2.28. The van der Waals surface area contributed by atoms with Gasteiger partial charge in [-0.3, -0.25) is 9.79 Å². The van der Waals surface area contributed by atoms with Crippen LogP contribution >= 0.6 is 0 Å². The van der Waals surface area contributed by atoms with Crippen LogP contribution in [0.25, 0.3) is 0 Å². The van der Waals surface area contributed by atoms with Gasteiger partial charge in [0.05, 0.1) is 0 Å². The van der Waals surface area contributed by atoms with Gasteiger partial charge in [0.2, 0.25) is 5.91 Å². The maximum Gasteiger partial charge on any atom is 0.246 e. The Labute approximate surface area is 138 Å². The number of allylic oxidation sites excluding steroid dienone is 1. The van der Waals surface area contributed by atoms with E-state index < -0.39 is 0 Å². The first-order valence-electron chi connectivity index (χ1n) is 8.16. The predicted molar refractivity (Wildman–Crippen MR) is 96.1 cm³/mol. The summed E-state index contributed by atoms with van der Waals surface area (Å²) in [6, 6.07) is 10.4. The number of rotatable bonds is 10. The van der Waals surface area contributed by atoms with Crippen molar-refractivity contribution < 1.29 is 4.79 Å². The van der Waals surface area contributed by atoms with E-state index in [9.17, 15) is 4.79 Å². The first kappa shape index (κ1) is 18.7. The molecule has 0 fully saturated rings. The Hall–Kier alpha value is -2.30. The molecule has 0 aliphatic rings. The quantitative estimate of drug-likeness (QED) is 0.267. The molecule has 0 radical (unpaired) electrons. The molecule has 1 rings (SSSR count). The van der Waals surface area contributed by atoms with Gasteiger partial charge in [0.15, 0.2) is 5.96 Å². The van der Waals surface area contributed by atoms with Crippen molar-refractivity contribution in [1.82, 2.24) is 5.32 Å². The molecule has 0 saturated heterocycles. The lowest BCUT2D eigenvalue weighted by molar-refractivity contribution is -0.117. The molecule has 0 heterocycles. The maximum atomic E-state index is 12.1. The van der Waals surface area contributed by atoms with Gasteiger partial charge in [-0.25, -0.2) is 0 Å². The van der Waals surface area contributed by atoms with Crippen LogP contribution in [0.15, 0.2) is 47.0 Å². The fourth-order valence-electron chi connectivity index (χ4n) is 2.28. The summed E-state index contributed by atoms with van der Waals surface area (Å²) >= 11 is 0. The number of carbonyl (C=O) groups is 1. The number of aryl methyl sites for hydroxylation is 1. The second-order valence-corrected chi connectivity index (χ2v) is 5.42. The van der Waals surface area contributed by atoms with E-state index in [1.165, 1.54) is 5.56 Å². The van der Waals surface area contributed by atoms with Crippen LogP contribution in [0.4, 0.5) is 0 Å². The summed E-state index contributed by atoms with van der Waals surface area (Å²) in [5, 5.41) is 2.91. The van der Waals surface area contributed by atoms with Crippen molar-refractivity contribution in [2.24, 2.45) is 16.5 Å². The third-order valence-electron chi connectivity index (χ3n) is 3.56. The summed E-state index contributed by atoms with van der Waals surface area (Å²) in [4.78, 5) is 16.0. The molecule has 0 saturated carbocycles. The third kappa shape index (κ3) is 8.66. The molecule has 0 unspecified atom stereocenters. The van der Waals surface area contributed by atoms with Gasteiger partial charge in [-0.05, 0) is 44.6 Å². The third-order valence-corrected chi connectivity index (χ3v) is 3.56. The van der Waals surface area contributed by atoms with Crippen molar-refractivity contribution in [1.29, 1.82) is 0 Å². The van der Waals surface area contributed by atoms with E-state index in [4.69, 9.17) is 11.5 Å². The number of guanidine groups is 1. The van der Waals surface area contributed by atoms with Crippen molar-refractivity contribution >= 4 is 11.9 Å². The van der Waals surface area contributed by atoms with E-state index in [1.807, 2.05) is 19.1 Å². The van der Waals surface area contributed by atoms with Crippen LogP contribution in [-0.2, 0) is 11.2 Å². The number of benzene rings is 1. The number of unbranched alkanes of at least 4 members (excludes halogenated alkanes) is 1. The molecule has 1 amide bonds. The highest BCUT2D eigenvalue weighted by Crippen LogP contribution is 2.11. The Balaban J connectivity index is 2.20. The van der Waals surface area contributed by atoms with E-state index in [-0.39, 0.29) is 11.9 Å². The molecule has 0 spiro atoms. The lowest BCUT2D eigenvalue weighted by Crippen LogP contribution is -2.27. The van der Waals surface area contributed by atoms with Gasteiger partial charge in [-0.1, -0.05) is 36.4 Å². The first-order valence-corrected chi connectivity index (χ1v) is 8.16. The number of hydrogen-bond donors (Lipinski definition) is 3. The number of hydrogen-bond acceptors (Lipinski definition) is 2. The second-order valence-electron chi connectivity index (χ2n) is 5.42. The zero-order valence-electron chi connectivity index (χ0n) is 13.9. The molecule has 5 N–H and O–H groups in total. The Morgan fingerprint density at radius 2 is 1.91 bits per heavy atom. The number of nitrogens with two attached hydrogens (primary N) is 2. The zero-order chi connectivity index (χ0) is 16.9. The van der Waals surface area contributed by atoms with Crippen LogP contribution in [0.2, 0.25) is 0 Å². The van der Waals surface area contributed by atoms with E-state index in [2.05, 4.69) is 34.6 Å². The van der Waals surface area contributed by atoms with Crippen LogP contribution in [0.5, 0.6) is 0 Å². The highest BCUT2D eigenvalue weighted by Gasteiger charge is 2.07. The normalized spacial score (nSPS) is 11.1. The van der Waals surface area contributed by atoms with Gasteiger partial charge in [0.1, 0.15) is 0 Å². The van der Waals surface area contributed by atoms with Crippen LogP contribution in [-0.4, -0.2) is 25.0 Å². The Morgan fingerprint density at radius 3 is 2.57 bits per heavy atom. The van der Waals surface area contributed by atoms with Crippen LogP contribution in [0, 0.1) is 0 Å². The van der Waals surface area contributed by atoms with Crippen molar-refractivity contribution in [2.75, 3.05) is 13.1 Å². The first-order chi connectivity index (χ1) is 11.1. The van der Waals surface area contributed by atoms with Crippen molar-refractivity contribution in [3.05, 3.63) is 47.5 Å². The number of aliphatic imine (C=N–C) groups is 1. The minimum absolute atomic E-state index is 0.0110.